The highest BCUT2D eigenvalue weighted by Crippen LogP contribution is 2.14. The fourth-order valence-corrected chi connectivity index (χ4v) is 0.858. The standard InChI is InChI=1S/C6H9Br2/c1-2-3-4-6(8)5-7/h2-4H2,1H3. The monoisotopic (exact) mass is 239 g/mol. The maximum Gasteiger partial charge on any atom is 0.0426 e. The van der Waals surface area contributed by atoms with Crippen molar-refractivity contribution in [3.8, 4) is 0 Å². The lowest BCUT2D eigenvalue weighted by molar-refractivity contribution is 0.810. The van der Waals surface area contributed by atoms with Gasteiger partial charge in [0.25, 0.3) is 0 Å². The summed E-state index contributed by atoms with van der Waals surface area (Å²) in [7, 11) is 0. The first-order valence-corrected chi connectivity index (χ1v) is 4.27. The van der Waals surface area contributed by atoms with E-state index in [2.05, 4.69) is 43.8 Å². The van der Waals surface area contributed by atoms with Gasteiger partial charge < -0.3 is 0 Å². The topological polar surface area (TPSA) is 0 Å². The molecule has 0 saturated carbocycles. The van der Waals surface area contributed by atoms with E-state index in [1.54, 1.807) is 0 Å². The molecule has 0 aliphatic rings. The predicted molar refractivity (Wildman–Crippen MR) is 44.1 cm³/mol. The summed E-state index contributed by atoms with van der Waals surface area (Å²) in [5.41, 5.74) is 0. The van der Waals surface area contributed by atoms with E-state index in [9.17, 15) is 0 Å². The van der Waals surface area contributed by atoms with Crippen LogP contribution in [0.25, 0.3) is 0 Å². The molecule has 0 atom stereocenters. The first kappa shape index (κ1) is 8.70. The van der Waals surface area contributed by atoms with Crippen LogP contribution in [0, 0.1) is 4.99 Å². The third-order valence-electron chi connectivity index (χ3n) is 0.852. The molecular weight excluding hydrogens is 232 g/mol. The van der Waals surface area contributed by atoms with Crippen molar-refractivity contribution in [2.45, 2.75) is 26.2 Å². The van der Waals surface area contributed by atoms with Crippen LogP contribution in [0.2, 0.25) is 0 Å². The second-order valence-electron chi connectivity index (χ2n) is 1.60. The summed E-state index contributed by atoms with van der Waals surface area (Å²) >= 11 is 6.45. The zero-order chi connectivity index (χ0) is 6.41. The van der Waals surface area contributed by atoms with Crippen LogP contribution in [0.15, 0.2) is 4.48 Å². The molecule has 0 aromatic carbocycles. The number of halogens is 2. The second kappa shape index (κ2) is 5.83. The van der Waals surface area contributed by atoms with Crippen LogP contribution in [0.4, 0.5) is 0 Å². The van der Waals surface area contributed by atoms with Crippen molar-refractivity contribution in [1.82, 2.24) is 0 Å². The molecule has 0 spiro atoms. The van der Waals surface area contributed by atoms with E-state index in [0.717, 1.165) is 10.9 Å². The van der Waals surface area contributed by atoms with E-state index in [4.69, 9.17) is 0 Å². The normalized spacial score (nSPS) is 12.1. The number of hydrogen-bond acceptors (Lipinski definition) is 0. The van der Waals surface area contributed by atoms with Crippen molar-refractivity contribution in [3.63, 3.8) is 0 Å². The van der Waals surface area contributed by atoms with Crippen LogP contribution in [-0.4, -0.2) is 0 Å². The summed E-state index contributed by atoms with van der Waals surface area (Å²) in [5.74, 6) is 0. The van der Waals surface area contributed by atoms with E-state index in [-0.39, 0.29) is 0 Å². The van der Waals surface area contributed by atoms with Gasteiger partial charge in [-0.3, -0.25) is 0 Å². The molecule has 0 aromatic heterocycles. The first-order valence-electron chi connectivity index (χ1n) is 2.69. The fraction of sp³-hybridized carbons (Fsp3) is 0.667. The smallest absolute Gasteiger partial charge is 0.0426 e. The SMILES string of the molecule is CCCC/C(Br)=[C]\Br. The number of hydrogen-bond donors (Lipinski definition) is 0. The molecule has 0 fully saturated rings. The van der Waals surface area contributed by atoms with Gasteiger partial charge >= 0.3 is 0 Å². The molecular formula is C6H9Br2. The lowest BCUT2D eigenvalue weighted by Crippen LogP contribution is -1.70. The van der Waals surface area contributed by atoms with Crippen LogP contribution < -0.4 is 0 Å². The lowest BCUT2D eigenvalue weighted by atomic mass is 10.2. The third-order valence-corrected chi connectivity index (χ3v) is 2.46. The van der Waals surface area contributed by atoms with Gasteiger partial charge in [0.1, 0.15) is 0 Å². The van der Waals surface area contributed by atoms with Crippen LogP contribution >= 0.6 is 31.9 Å². The molecule has 0 unspecified atom stereocenters. The van der Waals surface area contributed by atoms with Gasteiger partial charge in [-0.1, -0.05) is 29.3 Å². The molecule has 0 aliphatic heterocycles. The van der Waals surface area contributed by atoms with Crippen molar-refractivity contribution in [3.05, 3.63) is 9.47 Å². The Morgan fingerprint density at radius 2 is 2.25 bits per heavy atom. The minimum absolute atomic E-state index is 1.10. The Morgan fingerprint density at radius 3 is 2.62 bits per heavy atom. The summed E-state index contributed by atoms with van der Waals surface area (Å²) in [4.78, 5) is 2.85. The molecule has 1 radical (unpaired) electrons. The number of unbranched alkanes of at least 4 members (excludes halogenated alkanes) is 1. The molecule has 0 rings (SSSR count). The minimum atomic E-state index is 1.10. The Kier molecular flexibility index (Phi) is 6.34. The molecule has 0 amide bonds. The Balaban J connectivity index is 3.12. The Hall–Kier alpha value is 0.700. The Bertz CT molecular complexity index is 76.6. The molecule has 0 saturated heterocycles. The fourth-order valence-electron chi connectivity index (χ4n) is 0.379. The van der Waals surface area contributed by atoms with Crippen LogP contribution in [0.3, 0.4) is 0 Å². The van der Waals surface area contributed by atoms with E-state index in [1.165, 1.54) is 12.8 Å². The lowest BCUT2D eigenvalue weighted by Gasteiger charge is -1.91. The third kappa shape index (κ3) is 4.85. The maximum atomic E-state index is 3.34. The largest absolute Gasteiger partial charge is 0.0654 e. The van der Waals surface area contributed by atoms with E-state index in [0.29, 0.717) is 0 Å². The van der Waals surface area contributed by atoms with Gasteiger partial charge in [-0.15, -0.1) is 0 Å². The first-order chi connectivity index (χ1) is 3.81. The average Bonchev–Trinajstić information content (AvgIpc) is 1.83. The van der Waals surface area contributed by atoms with Gasteiger partial charge in [0.15, 0.2) is 0 Å². The van der Waals surface area contributed by atoms with Gasteiger partial charge in [0, 0.05) is 9.47 Å². The quantitative estimate of drug-likeness (QED) is 0.707. The van der Waals surface area contributed by atoms with Gasteiger partial charge in [0.2, 0.25) is 0 Å². The van der Waals surface area contributed by atoms with Crippen molar-refractivity contribution in [2.24, 2.45) is 0 Å². The zero-order valence-corrected chi connectivity index (χ0v) is 8.05. The number of allylic oxidation sites excluding steroid dienone is 1. The molecule has 0 N–H and O–H groups in total. The molecule has 0 heterocycles. The second-order valence-corrected chi connectivity index (χ2v) is 2.96. The maximum absolute atomic E-state index is 3.34. The van der Waals surface area contributed by atoms with Crippen LogP contribution in [0.5, 0.6) is 0 Å². The molecule has 0 aliphatic carbocycles. The van der Waals surface area contributed by atoms with Gasteiger partial charge in [0.05, 0.1) is 0 Å². The van der Waals surface area contributed by atoms with Crippen molar-refractivity contribution < 1.29 is 0 Å². The summed E-state index contributed by atoms with van der Waals surface area (Å²) in [6.45, 7) is 2.18. The Labute approximate surface area is 67.6 Å². The number of rotatable bonds is 3. The molecule has 8 heavy (non-hydrogen) atoms. The minimum Gasteiger partial charge on any atom is -0.0654 e. The van der Waals surface area contributed by atoms with E-state index in [1.807, 2.05) is 0 Å². The van der Waals surface area contributed by atoms with E-state index < -0.39 is 0 Å². The summed E-state index contributed by atoms with van der Waals surface area (Å²) in [5, 5.41) is 0. The van der Waals surface area contributed by atoms with Gasteiger partial charge in [-0.25, -0.2) is 0 Å². The van der Waals surface area contributed by atoms with Crippen molar-refractivity contribution in [2.75, 3.05) is 0 Å². The van der Waals surface area contributed by atoms with E-state index >= 15 is 0 Å². The Morgan fingerprint density at radius 1 is 1.62 bits per heavy atom. The van der Waals surface area contributed by atoms with Crippen LogP contribution in [0.1, 0.15) is 26.2 Å². The highest BCUT2D eigenvalue weighted by Gasteiger charge is 1.87. The van der Waals surface area contributed by atoms with Crippen molar-refractivity contribution in [1.29, 1.82) is 0 Å². The van der Waals surface area contributed by atoms with Crippen LogP contribution in [-0.2, 0) is 0 Å². The highest BCUT2D eigenvalue weighted by molar-refractivity contribution is 9.13. The molecule has 0 nitrogen and oxygen atoms in total. The van der Waals surface area contributed by atoms with Gasteiger partial charge in [-0.2, -0.15) is 0 Å². The molecule has 0 bridgehead atoms. The zero-order valence-electron chi connectivity index (χ0n) is 4.88. The van der Waals surface area contributed by atoms with Crippen molar-refractivity contribution >= 4 is 31.9 Å². The molecule has 0 aromatic rings. The summed E-state index contributed by atoms with van der Waals surface area (Å²) in [6, 6.07) is 0. The molecule has 2 heteroatoms. The summed E-state index contributed by atoms with van der Waals surface area (Å²) < 4.78 is 1.12. The summed E-state index contributed by atoms with van der Waals surface area (Å²) in [6.07, 6.45) is 3.57. The predicted octanol–water partition coefficient (Wildman–Crippen LogP) is 3.61. The average molecular weight is 241 g/mol. The van der Waals surface area contributed by atoms with Gasteiger partial charge in [-0.05, 0) is 28.8 Å². The molecule has 47 valence electrons. The highest BCUT2D eigenvalue weighted by atomic mass is 79.9.